The number of H-pyrrole nitrogens is 1. The largest absolute Gasteiger partial charge is 0.465 e. The summed E-state index contributed by atoms with van der Waals surface area (Å²) >= 11 is 0. The molecule has 0 aliphatic heterocycles. The Morgan fingerprint density at radius 2 is 1.70 bits per heavy atom. The van der Waals surface area contributed by atoms with E-state index in [4.69, 9.17) is 10.2 Å². The highest BCUT2D eigenvalue weighted by Crippen LogP contribution is 2.27. The van der Waals surface area contributed by atoms with Crippen molar-refractivity contribution in [2.24, 2.45) is 0 Å². The van der Waals surface area contributed by atoms with Gasteiger partial charge in [-0.3, -0.25) is 4.79 Å². The molecule has 0 aliphatic rings. The molecule has 33 heavy (non-hydrogen) atoms. The first-order chi connectivity index (χ1) is 15.8. The molecule has 1 atom stereocenters. The van der Waals surface area contributed by atoms with Crippen LogP contribution in [0.15, 0.2) is 48.7 Å². The van der Waals surface area contributed by atoms with Crippen molar-refractivity contribution in [1.29, 1.82) is 0 Å². The molecule has 3 rings (SSSR count). The molecule has 9 nitrogen and oxygen atoms in total. The van der Waals surface area contributed by atoms with E-state index in [1.165, 1.54) is 12.1 Å². The number of benzene rings is 2. The molecule has 3 amide bonds. The number of carboxylic acid groups (broad SMARTS) is 2. The minimum atomic E-state index is -1.22. The minimum absolute atomic E-state index is 0.0847. The first kappa shape index (κ1) is 23.6. The molecule has 0 bridgehead atoms. The van der Waals surface area contributed by atoms with Crippen molar-refractivity contribution in [3.8, 4) is 11.1 Å². The summed E-state index contributed by atoms with van der Waals surface area (Å²) in [5.41, 5.74) is 3.39. The fraction of sp³-hybridized carbons (Fsp3) is 0.261. The lowest BCUT2D eigenvalue weighted by molar-refractivity contribution is -0.120. The Balaban J connectivity index is 1.62. The maximum absolute atomic E-state index is 13.2. The Labute approximate surface area is 189 Å². The molecule has 0 spiro atoms. The molecule has 0 saturated carbocycles. The van der Waals surface area contributed by atoms with Gasteiger partial charge in [0, 0.05) is 36.2 Å². The number of carbonyl (C=O) groups is 3. The summed E-state index contributed by atoms with van der Waals surface area (Å²) < 4.78 is 13.2. The first-order valence-corrected chi connectivity index (χ1v) is 10.4. The fourth-order valence-electron chi connectivity index (χ4n) is 3.56. The van der Waals surface area contributed by atoms with E-state index in [9.17, 15) is 18.8 Å². The lowest BCUT2D eigenvalue weighted by Gasteiger charge is -2.17. The lowest BCUT2D eigenvalue weighted by atomic mass is 10.0. The van der Waals surface area contributed by atoms with Crippen LogP contribution in [0.2, 0.25) is 0 Å². The van der Waals surface area contributed by atoms with Gasteiger partial charge >= 0.3 is 12.2 Å². The van der Waals surface area contributed by atoms with Gasteiger partial charge in [0.25, 0.3) is 0 Å². The molecular weight excluding hydrogens is 431 g/mol. The number of nitrogens with one attached hydrogen (secondary N) is 4. The Morgan fingerprint density at radius 1 is 0.970 bits per heavy atom. The summed E-state index contributed by atoms with van der Waals surface area (Å²) in [5, 5.41) is 25.7. The highest BCUT2D eigenvalue weighted by Gasteiger charge is 2.15. The van der Waals surface area contributed by atoms with Crippen LogP contribution in [0.25, 0.3) is 22.0 Å². The van der Waals surface area contributed by atoms with Crippen LogP contribution < -0.4 is 16.0 Å². The van der Waals surface area contributed by atoms with E-state index in [1.807, 2.05) is 18.2 Å². The number of fused-ring (bicyclic) bond motifs is 1. The molecule has 3 aromatic rings. The van der Waals surface area contributed by atoms with Gasteiger partial charge < -0.3 is 31.1 Å². The van der Waals surface area contributed by atoms with Gasteiger partial charge in [0.2, 0.25) is 5.91 Å². The monoisotopic (exact) mass is 456 g/mol. The van der Waals surface area contributed by atoms with Gasteiger partial charge in [-0.25, -0.2) is 14.0 Å². The Morgan fingerprint density at radius 3 is 2.39 bits per heavy atom. The summed E-state index contributed by atoms with van der Waals surface area (Å²) in [4.78, 5) is 37.2. The highest BCUT2D eigenvalue weighted by atomic mass is 19.1. The summed E-state index contributed by atoms with van der Waals surface area (Å²) in [5.74, 6) is -0.586. The standard InChI is InChI=1S/C23H25FN4O5/c24-17-6-3-14(4-7-17)15-5-8-20-19(10-15)16(12-26-20)11-21(29)27-13-18(28-23(32)33)2-1-9-25-22(30)31/h3-8,10,12,18,25-26,28H,1-2,9,11,13H2,(H,27,29)(H,30,31)(H,32,33)/t18-/m0/s1. The molecule has 0 saturated heterocycles. The van der Waals surface area contributed by atoms with Gasteiger partial charge in [0.15, 0.2) is 0 Å². The predicted octanol–water partition coefficient (Wildman–Crippen LogP) is 3.32. The van der Waals surface area contributed by atoms with Crippen molar-refractivity contribution >= 4 is 29.0 Å². The number of hydrogen-bond donors (Lipinski definition) is 6. The third-order valence-electron chi connectivity index (χ3n) is 5.17. The number of amides is 3. The van der Waals surface area contributed by atoms with E-state index in [1.54, 1.807) is 18.3 Å². The second kappa shape index (κ2) is 11.0. The third kappa shape index (κ3) is 6.96. The van der Waals surface area contributed by atoms with Gasteiger partial charge in [-0.1, -0.05) is 18.2 Å². The van der Waals surface area contributed by atoms with Crippen LogP contribution in [0.1, 0.15) is 18.4 Å². The third-order valence-corrected chi connectivity index (χ3v) is 5.17. The van der Waals surface area contributed by atoms with Crippen molar-refractivity contribution in [2.75, 3.05) is 13.1 Å². The number of aromatic nitrogens is 1. The van der Waals surface area contributed by atoms with Crippen LogP contribution in [0.4, 0.5) is 14.0 Å². The quantitative estimate of drug-likeness (QED) is 0.259. The molecule has 0 fully saturated rings. The number of aromatic amines is 1. The summed E-state index contributed by atoms with van der Waals surface area (Å²) in [6.07, 6.45) is 0.261. The molecule has 2 aromatic carbocycles. The second-order valence-corrected chi connectivity index (χ2v) is 7.58. The van der Waals surface area contributed by atoms with Gasteiger partial charge in [-0.15, -0.1) is 0 Å². The van der Waals surface area contributed by atoms with Crippen molar-refractivity contribution in [3.63, 3.8) is 0 Å². The van der Waals surface area contributed by atoms with E-state index >= 15 is 0 Å². The van der Waals surface area contributed by atoms with Crippen LogP contribution in [-0.2, 0) is 11.2 Å². The maximum Gasteiger partial charge on any atom is 0.404 e. The van der Waals surface area contributed by atoms with Gasteiger partial charge in [0.05, 0.1) is 6.42 Å². The number of carbonyl (C=O) groups excluding carboxylic acids is 1. The summed E-state index contributed by atoms with van der Waals surface area (Å²) in [6.45, 7) is 0.272. The van der Waals surface area contributed by atoms with Crippen LogP contribution in [-0.4, -0.2) is 52.4 Å². The van der Waals surface area contributed by atoms with Crippen molar-refractivity contribution < 1.29 is 29.0 Å². The van der Waals surface area contributed by atoms with E-state index < -0.39 is 18.2 Å². The van der Waals surface area contributed by atoms with Gasteiger partial charge in [-0.2, -0.15) is 0 Å². The average molecular weight is 456 g/mol. The Hall–Kier alpha value is -4.08. The Bertz CT molecular complexity index is 1130. The molecule has 1 aromatic heterocycles. The number of halogens is 1. The van der Waals surface area contributed by atoms with Crippen molar-refractivity contribution in [2.45, 2.75) is 25.3 Å². The van der Waals surface area contributed by atoms with Crippen molar-refractivity contribution in [1.82, 2.24) is 20.9 Å². The first-order valence-electron chi connectivity index (χ1n) is 10.4. The number of hydrogen-bond acceptors (Lipinski definition) is 3. The maximum atomic E-state index is 13.2. The molecule has 1 heterocycles. The molecule has 174 valence electrons. The molecule has 0 unspecified atom stereocenters. The minimum Gasteiger partial charge on any atom is -0.465 e. The zero-order valence-electron chi connectivity index (χ0n) is 17.7. The lowest BCUT2D eigenvalue weighted by Crippen LogP contribution is -2.43. The van der Waals surface area contributed by atoms with E-state index in [2.05, 4.69) is 20.9 Å². The molecular formula is C23H25FN4O5. The molecule has 0 aliphatic carbocycles. The Kier molecular flexibility index (Phi) is 7.85. The van der Waals surface area contributed by atoms with Gasteiger partial charge in [0.1, 0.15) is 5.82 Å². The van der Waals surface area contributed by atoms with E-state index in [0.717, 1.165) is 27.6 Å². The summed E-state index contributed by atoms with van der Waals surface area (Å²) in [7, 11) is 0. The normalized spacial score (nSPS) is 11.7. The molecule has 10 heteroatoms. The average Bonchev–Trinajstić information content (AvgIpc) is 3.16. The van der Waals surface area contributed by atoms with E-state index in [-0.39, 0.29) is 31.2 Å². The molecule has 6 N–H and O–H groups in total. The second-order valence-electron chi connectivity index (χ2n) is 7.58. The predicted molar refractivity (Wildman–Crippen MR) is 121 cm³/mol. The molecule has 0 radical (unpaired) electrons. The van der Waals surface area contributed by atoms with Gasteiger partial charge in [-0.05, 0) is 53.8 Å². The highest BCUT2D eigenvalue weighted by molar-refractivity contribution is 5.91. The topological polar surface area (TPSA) is 144 Å². The van der Waals surface area contributed by atoms with Crippen LogP contribution >= 0.6 is 0 Å². The van der Waals surface area contributed by atoms with Crippen molar-refractivity contribution in [3.05, 3.63) is 60.0 Å². The number of rotatable bonds is 10. The van der Waals surface area contributed by atoms with Crippen LogP contribution in [0, 0.1) is 5.82 Å². The van der Waals surface area contributed by atoms with Crippen LogP contribution in [0.3, 0.4) is 0 Å². The summed E-state index contributed by atoms with van der Waals surface area (Å²) in [6, 6.07) is 11.4. The smallest absolute Gasteiger partial charge is 0.404 e. The SMILES string of the molecule is O=C(O)NCCC[C@@H](CNC(=O)Cc1c[nH]c2ccc(-c3ccc(F)cc3)cc12)NC(=O)O. The van der Waals surface area contributed by atoms with Crippen LogP contribution in [0.5, 0.6) is 0 Å². The zero-order chi connectivity index (χ0) is 23.8. The zero-order valence-corrected chi connectivity index (χ0v) is 17.7. The van der Waals surface area contributed by atoms with E-state index in [0.29, 0.717) is 12.8 Å². The fourth-order valence-corrected chi connectivity index (χ4v) is 3.56.